The summed E-state index contributed by atoms with van der Waals surface area (Å²) in [5, 5.41) is 3.58. The van der Waals surface area contributed by atoms with Crippen molar-refractivity contribution < 1.29 is 0 Å². The lowest BCUT2D eigenvalue weighted by Crippen LogP contribution is -2.32. The quantitative estimate of drug-likeness (QED) is 0.783. The number of aromatic nitrogens is 4. The zero-order valence-electron chi connectivity index (χ0n) is 11.7. The van der Waals surface area contributed by atoms with E-state index in [2.05, 4.69) is 19.9 Å². The minimum atomic E-state index is 0.246. The SMILES string of the molecule is c1ccc(-c2nc3cccnc3n2C2CCCCN2)nc1. The van der Waals surface area contributed by atoms with Crippen LogP contribution in [0.5, 0.6) is 0 Å². The summed E-state index contributed by atoms with van der Waals surface area (Å²) in [4.78, 5) is 13.8. The monoisotopic (exact) mass is 279 g/mol. The van der Waals surface area contributed by atoms with Crippen molar-refractivity contribution in [2.75, 3.05) is 6.54 Å². The van der Waals surface area contributed by atoms with Crippen LogP contribution in [0.4, 0.5) is 0 Å². The first-order valence-electron chi connectivity index (χ1n) is 7.41. The van der Waals surface area contributed by atoms with Crippen LogP contribution in [0.15, 0.2) is 42.7 Å². The predicted octanol–water partition coefficient (Wildman–Crippen LogP) is 2.77. The fourth-order valence-corrected chi connectivity index (χ4v) is 2.95. The smallest absolute Gasteiger partial charge is 0.162 e. The van der Waals surface area contributed by atoms with Gasteiger partial charge in [-0.25, -0.2) is 9.97 Å². The first-order chi connectivity index (χ1) is 10.4. The van der Waals surface area contributed by atoms with E-state index in [0.29, 0.717) is 0 Å². The maximum atomic E-state index is 4.76. The van der Waals surface area contributed by atoms with Crippen molar-refractivity contribution in [1.82, 2.24) is 24.8 Å². The third kappa shape index (κ3) is 2.19. The summed E-state index contributed by atoms with van der Waals surface area (Å²) in [5.41, 5.74) is 2.74. The summed E-state index contributed by atoms with van der Waals surface area (Å²) < 4.78 is 2.21. The summed E-state index contributed by atoms with van der Waals surface area (Å²) in [6, 6.07) is 9.85. The van der Waals surface area contributed by atoms with E-state index in [1.807, 2.05) is 36.5 Å². The van der Waals surface area contributed by atoms with Gasteiger partial charge in [0.25, 0.3) is 0 Å². The minimum Gasteiger partial charge on any atom is -0.297 e. The van der Waals surface area contributed by atoms with Crippen molar-refractivity contribution >= 4 is 11.2 Å². The second-order valence-corrected chi connectivity index (χ2v) is 5.33. The van der Waals surface area contributed by atoms with E-state index in [1.54, 1.807) is 6.20 Å². The highest BCUT2D eigenvalue weighted by atomic mass is 15.2. The number of hydrogen-bond acceptors (Lipinski definition) is 4. The molecule has 1 aliphatic heterocycles. The third-order valence-corrected chi connectivity index (χ3v) is 3.94. The van der Waals surface area contributed by atoms with E-state index in [1.165, 1.54) is 12.8 Å². The lowest BCUT2D eigenvalue weighted by atomic mass is 10.1. The Morgan fingerprint density at radius 1 is 1.05 bits per heavy atom. The molecule has 5 nitrogen and oxygen atoms in total. The summed E-state index contributed by atoms with van der Waals surface area (Å²) >= 11 is 0. The zero-order valence-corrected chi connectivity index (χ0v) is 11.7. The molecule has 0 spiro atoms. The van der Waals surface area contributed by atoms with Gasteiger partial charge in [-0.3, -0.25) is 14.9 Å². The number of fused-ring (bicyclic) bond motifs is 1. The van der Waals surface area contributed by atoms with E-state index in [4.69, 9.17) is 4.98 Å². The van der Waals surface area contributed by atoms with Crippen molar-refractivity contribution in [1.29, 1.82) is 0 Å². The van der Waals surface area contributed by atoms with Crippen molar-refractivity contribution in [2.45, 2.75) is 25.4 Å². The van der Waals surface area contributed by atoms with Gasteiger partial charge in [-0.05, 0) is 50.1 Å². The molecule has 3 aromatic rings. The summed E-state index contributed by atoms with van der Waals surface area (Å²) in [6.45, 7) is 1.04. The normalized spacial score (nSPS) is 19.0. The Balaban J connectivity index is 1.92. The standard InChI is InChI=1S/C16H17N5/c1-3-9-17-12(6-1)16-20-13-7-5-11-19-15(13)21(16)14-8-2-4-10-18-14/h1,3,5-7,9,11,14,18H,2,4,8,10H2. The van der Waals surface area contributed by atoms with Crippen molar-refractivity contribution in [3.05, 3.63) is 42.7 Å². The predicted molar refractivity (Wildman–Crippen MR) is 81.6 cm³/mol. The number of piperidine rings is 1. The van der Waals surface area contributed by atoms with Gasteiger partial charge in [-0.15, -0.1) is 0 Å². The molecule has 1 aliphatic rings. The Labute approximate surface area is 123 Å². The van der Waals surface area contributed by atoms with Crippen LogP contribution >= 0.6 is 0 Å². The first-order valence-corrected chi connectivity index (χ1v) is 7.41. The van der Waals surface area contributed by atoms with E-state index in [0.717, 1.165) is 35.6 Å². The van der Waals surface area contributed by atoms with E-state index in [9.17, 15) is 0 Å². The molecule has 1 saturated heterocycles. The van der Waals surface area contributed by atoms with Crippen molar-refractivity contribution in [3.63, 3.8) is 0 Å². The molecule has 3 aromatic heterocycles. The third-order valence-electron chi connectivity index (χ3n) is 3.94. The number of nitrogens with one attached hydrogen (secondary N) is 1. The lowest BCUT2D eigenvalue weighted by molar-refractivity contribution is 0.328. The maximum Gasteiger partial charge on any atom is 0.162 e. The fraction of sp³-hybridized carbons (Fsp3) is 0.312. The highest BCUT2D eigenvalue weighted by molar-refractivity contribution is 5.76. The van der Waals surface area contributed by atoms with E-state index in [-0.39, 0.29) is 6.17 Å². The summed E-state index contributed by atoms with van der Waals surface area (Å²) in [5.74, 6) is 0.892. The van der Waals surface area contributed by atoms with Gasteiger partial charge >= 0.3 is 0 Å². The number of imidazole rings is 1. The Hall–Kier alpha value is -2.27. The van der Waals surface area contributed by atoms with Crippen LogP contribution in [0, 0.1) is 0 Å². The molecule has 0 amide bonds. The van der Waals surface area contributed by atoms with Gasteiger partial charge in [0, 0.05) is 12.4 Å². The molecule has 4 heterocycles. The topological polar surface area (TPSA) is 55.6 Å². The second kappa shape index (κ2) is 5.26. The summed E-state index contributed by atoms with van der Waals surface area (Å²) in [6.07, 6.45) is 7.44. The molecule has 0 radical (unpaired) electrons. The molecule has 0 aromatic carbocycles. The number of nitrogens with zero attached hydrogens (tertiary/aromatic N) is 4. The van der Waals surface area contributed by atoms with Crippen LogP contribution in [0.3, 0.4) is 0 Å². The Morgan fingerprint density at radius 3 is 2.81 bits per heavy atom. The molecule has 106 valence electrons. The van der Waals surface area contributed by atoms with Gasteiger partial charge in [0.05, 0.1) is 6.17 Å². The molecule has 4 rings (SSSR count). The van der Waals surface area contributed by atoms with Crippen LogP contribution in [0.1, 0.15) is 25.4 Å². The highest BCUT2D eigenvalue weighted by Crippen LogP contribution is 2.28. The molecular formula is C16H17N5. The molecule has 21 heavy (non-hydrogen) atoms. The average molecular weight is 279 g/mol. The van der Waals surface area contributed by atoms with Gasteiger partial charge in [0.1, 0.15) is 11.2 Å². The van der Waals surface area contributed by atoms with Crippen LogP contribution in [0.2, 0.25) is 0 Å². The van der Waals surface area contributed by atoms with Gasteiger partial charge < -0.3 is 0 Å². The van der Waals surface area contributed by atoms with Gasteiger partial charge in [0.2, 0.25) is 0 Å². The number of pyridine rings is 2. The second-order valence-electron chi connectivity index (χ2n) is 5.33. The van der Waals surface area contributed by atoms with E-state index < -0.39 is 0 Å². The lowest BCUT2D eigenvalue weighted by Gasteiger charge is -2.26. The Kier molecular flexibility index (Phi) is 3.12. The van der Waals surface area contributed by atoms with Crippen molar-refractivity contribution in [3.8, 4) is 11.5 Å². The van der Waals surface area contributed by atoms with E-state index >= 15 is 0 Å². The first kappa shape index (κ1) is 12.5. The fourth-order valence-electron chi connectivity index (χ4n) is 2.95. The molecule has 1 fully saturated rings. The van der Waals surface area contributed by atoms with Gasteiger partial charge in [-0.1, -0.05) is 6.07 Å². The van der Waals surface area contributed by atoms with Crippen molar-refractivity contribution in [2.24, 2.45) is 0 Å². The Morgan fingerprint density at radius 2 is 2.00 bits per heavy atom. The molecular weight excluding hydrogens is 262 g/mol. The molecule has 1 unspecified atom stereocenters. The highest BCUT2D eigenvalue weighted by Gasteiger charge is 2.22. The molecule has 1 atom stereocenters. The number of hydrogen-bond donors (Lipinski definition) is 1. The van der Waals surface area contributed by atoms with Crippen LogP contribution in [0.25, 0.3) is 22.7 Å². The van der Waals surface area contributed by atoms with Crippen LogP contribution in [-0.4, -0.2) is 26.1 Å². The zero-order chi connectivity index (χ0) is 14.1. The van der Waals surface area contributed by atoms with Gasteiger partial charge in [0.15, 0.2) is 11.5 Å². The van der Waals surface area contributed by atoms with Crippen LogP contribution < -0.4 is 5.32 Å². The number of rotatable bonds is 2. The molecule has 1 N–H and O–H groups in total. The maximum absolute atomic E-state index is 4.76. The average Bonchev–Trinajstić information content (AvgIpc) is 2.96. The summed E-state index contributed by atoms with van der Waals surface area (Å²) in [7, 11) is 0. The molecule has 5 heteroatoms. The molecule has 0 saturated carbocycles. The Bertz CT molecular complexity index is 744. The van der Waals surface area contributed by atoms with Gasteiger partial charge in [-0.2, -0.15) is 0 Å². The largest absolute Gasteiger partial charge is 0.297 e. The molecule has 0 bridgehead atoms. The van der Waals surface area contributed by atoms with Crippen LogP contribution in [-0.2, 0) is 0 Å². The minimum absolute atomic E-state index is 0.246. The molecule has 0 aliphatic carbocycles.